The van der Waals surface area contributed by atoms with Gasteiger partial charge in [-0.1, -0.05) is 0 Å². The summed E-state index contributed by atoms with van der Waals surface area (Å²) >= 11 is 0. The number of rotatable bonds is 0. The van der Waals surface area contributed by atoms with Crippen molar-refractivity contribution in [3.8, 4) is 0 Å². The van der Waals surface area contributed by atoms with E-state index in [0.717, 1.165) is 12.8 Å². The van der Waals surface area contributed by atoms with Crippen LogP contribution in [0.15, 0.2) is 127 Å². The molecule has 0 saturated carbocycles. The minimum atomic E-state index is 0. The first-order valence-corrected chi connectivity index (χ1v) is 10.5. The van der Waals surface area contributed by atoms with E-state index in [1.165, 1.54) is 0 Å². The molecule has 4 heteroatoms. The monoisotopic (exact) mass is 535 g/mol. The van der Waals surface area contributed by atoms with Crippen LogP contribution in [0.3, 0.4) is 0 Å². The topological polar surface area (TPSA) is 20.2 Å². The van der Waals surface area contributed by atoms with Crippen LogP contribution in [0.1, 0.15) is 12.8 Å². The van der Waals surface area contributed by atoms with Gasteiger partial charge in [0.05, 0.1) is 0 Å². The van der Waals surface area contributed by atoms with Crippen molar-refractivity contribution in [1.29, 1.82) is 0 Å². The molecule has 0 radical (unpaired) electrons. The second kappa shape index (κ2) is 33.6. The van der Waals surface area contributed by atoms with E-state index >= 15 is 0 Å². The summed E-state index contributed by atoms with van der Waals surface area (Å²) in [6.07, 6.45) is 20.0. The van der Waals surface area contributed by atoms with E-state index in [2.05, 4.69) is 42.5 Å². The summed E-state index contributed by atoms with van der Waals surface area (Å²) in [7, 11) is 0.306. The van der Waals surface area contributed by atoms with Gasteiger partial charge in [0.25, 0.3) is 0 Å². The Labute approximate surface area is 223 Å². The van der Waals surface area contributed by atoms with E-state index in [0.29, 0.717) is 10.5 Å². The van der Waals surface area contributed by atoms with Gasteiger partial charge in [-0.2, -0.15) is 121 Å². The second-order valence-electron chi connectivity index (χ2n) is 5.24. The van der Waals surface area contributed by atoms with Gasteiger partial charge < -0.3 is 4.80 Å². The molecule has 32 heavy (non-hydrogen) atoms. The van der Waals surface area contributed by atoms with Gasteiger partial charge in [0, 0.05) is 26.2 Å². The van der Waals surface area contributed by atoms with Gasteiger partial charge in [-0.15, -0.1) is 25.2 Å². The zero-order chi connectivity index (χ0) is 21.8. The van der Waals surface area contributed by atoms with Crippen LogP contribution in [-0.4, -0.2) is 15.3 Å². The summed E-state index contributed by atoms with van der Waals surface area (Å²) in [4.78, 5) is 7.14. The number of halogens is 1. The van der Waals surface area contributed by atoms with Gasteiger partial charge in [-0.25, -0.2) is 24.3 Å². The van der Waals surface area contributed by atoms with Crippen LogP contribution in [0.2, 0.25) is 0 Å². The van der Waals surface area contributed by atoms with Gasteiger partial charge in [-0.3, -0.25) is 12.2 Å². The van der Waals surface area contributed by atoms with Crippen molar-refractivity contribution in [1.82, 2.24) is 0 Å². The first-order chi connectivity index (χ1) is 15.0. The minimum Gasteiger partial charge on any atom is -0.442 e. The van der Waals surface area contributed by atoms with Crippen molar-refractivity contribution in [2.45, 2.75) is 12.8 Å². The predicted octanol–water partition coefficient (Wildman–Crippen LogP) is 5.75. The zero-order valence-corrected chi connectivity index (χ0v) is 23.7. The molecule has 1 N–H and O–H groups in total. The Bertz CT molecular complexity index is 579. The van der Waals surface area contributed by atoms with E-state index in [9.17, 15) is 0 Å². The van der Waals surface area contributed by atoms with Gasteiger partial charge in [-0.05, 0) is 0 Å². The summed E-state index contributed by atoms with van der Waals surface area (Å²) in [5.74, 6) is 0. The largest absolute Gasteiger partial charge is 0.442 e. The molecule has 0 saturated heterocycles. The number of hydrogen-bond acceptors (Lipinski definition) is 1. The van der Waals surface area contributed by atoms with Gasteiger partial charge >= 0.3 is 0 Å². The predicted molar refractivity (Wildman–Crippen MR) is 138 cm³/mol. The first-order valence-electron chi connectivity index (χ1n) is 9.61. The zero-order valence-electron chi connectivity index (χ0n) is 18.4. The standard InChI is InChI=1S/3C6H5.2C5H5.ClH.H4OSi.Zr/c3*1-2-4-6-5-3-1;2*1-2-4-5-3-1;;1-2;/h3*1-5H;2*1-3H,4H2;1H;1H,2H3;/q5*-1;;;. The second-order valence-corrected chi connectivity index (χ2v) is 5.24. The molecule has 168 valence electrons. The van der Waals surface area contributed by atoms with Crippen LogP contribution in [0.25, 0.3) is 0 Å². The number of hydrogen-bond donors (Lipinski definition) is 1. The van der Waals surface area contributed by atoms with Crippen molar-refractivity contribution < 1.29 is 31.0 Å². The molecule has 0 atom stereocenters. The van der Waals surface area contributed by atoms with Crippen molar-refractivity contribution in [3.05, 3.63) is 158 Å². The fourth-order valence-corrected chi connectivity index (χ4v) is 1.71. The molecule has 5 rings (SSSR count). The quantitative estimate of drug-likeness (QED) is 0.286. The molecule has 2 aliphatic carbocycles. The molecule has 0 bridgehead atoms. The molecule has 0 amide bonds. The Morgan fingerprint density at radius 3 is 0.844 bits per heavy atom. The first kappa shape index (κ1) is 34.6. The number of allylic oxidation sites excluding steroid dienone is 8. The van der Waals surface area contributed by atoms with Crippen LogP contribution in [0.5, 0.6) is 0 Å². The van der Waals surface area contributed by atoms with Crippen molar-refractivity contribution in [2.75, 3.05) is 0 Å². The molecule has 0 spiro atoms. The van der Waals surface area contributed by atoms with Crippen molar-refractivity contribution in [2.24, 2.45) is 0 Å². The summed E-state index contributed by atoms with van der Waals surface area (Å²) in [6, 6.07) is 37.5. The average molecular weight is 537 g/mol. The molecule has 0 fully saturated rings. The maximum atomic E-state index is 7.14. The Balaban J connectivity index is -0.000000318. The molecule has 2 aliphatic rings. The van der Waals surface area contributed by atoms with Crippen LogP contribution >= 0.6 is 12.4 Å². The Morgan fingerprint density at radius 1 is 0.500 bits per heavy atom. The maximum absolute atomic E-state index is 7.14. The Hall–Kier alpha value is -2.03. The molecular weight excluding hydrogens is 507 g/mol. The van der Waals surface area contributed by atoms with E-state index < -0.39 is 0 Å². The summed E-state index contributed by atoms with van der Waals surface area (Å²) < 4.78 is 0. The van der Waals surface area contributed by atoms with Crippen molar-refractivity contribution in [3.63, 3.8) is 0 Å². The molecule has 0 heterocycles. The van der Waals surface area contributed by atoms with Crippen LogP contribution < -0.4 is 0 Å². The molecule has 0 unspecified atom stereocenters. The van der Waals surface area contributed by atoms with Crippen LogP contribution in [0.4, 0.5) is 0 Å². The van der Waals surface area contributed by atoms with E-state index in [4.69, 9.17) is 4.80 Å². The fourth-order valence-electron chi connectivity index (χ4n) is 1.71. The molecule has 3 aromatic carbocycles. The molecular formula is C28H30ClOSiZr-5. The fraction of sp³-hybridized carbons (Fsp3) is 0.0714. The van der Waals surface area contributed by atoms with Crippen LogP contribution in [0, 0.1) is 30.4 Å². The van der Waals surface area contributed by atoms with Crippen molar-refractivity contribution >= 4 is 22.9 Å². The third-order valence-electron chi connectivity index (χ3n) is 2.99. The average Bonchev–Trinajstić information content (AvgIpc) is 3.64. The van der Waals surface area contributed by atoms with Gasteiger partial charge in [0.15, 0.2) is 0 Å². The number of benzene rings is 3. The van der Waals surface area contributed by atoms with E-state index in [1.807, 2.05) is 115 Å². The summed E-state index contributed by atoms with van der Waals surface area (Å²) in [5.41, 5.74) is 0. The smallest absolute Gasteiger partial charge is 0.141 e. The van der Waals surface area contributed by atoms with Gasteiger partial charge in [0.1, 0.15) is 10.5 Å². The molecule has 0 aliphatic heterocycles. The third kappa shape index (κ3) is 30.2. The van der Waals surface area contributed by atoms with E-state index in [1.54, 1.807) is 0 Å². The maximum Gasteiger partial charge on any atom is 0.141 e. The Morgan fingerprint density at radius 2 is 0.781 bits per heavy atom. The molecule has 0 aromatic heterocycles. The minimum absolute atomic E-state index is 0. The molecule has 1 nitrogen and oxygen atoms in total. The Kier molecular flexibility index (Phi) is 36.3. The summed E-state index contributed by atoms with van der Waals surface area (Å²) in [6.45, 7) is 0. The normalized spacial score (nSPS) is 10.3. The SMILES string of the molecule is Cl.O[SiH3].[C-]1=CC=CC1.[C-]1=CC=CC1.[Zr].[c-]1ccccc1.[c-]1ccccc1.[c-]1ccccc1. The molecule has 3 aromatic rings. The van der Waals surface area contributed by atoms with E-state index in [-0.39, 0.29) is 38.6 Å². The summed E-state index contributed by atoms with van der Waals surface area (Å²) in [5, 5.41) is 0. The third-order valence-corrected chi connectivity index (χ3v) is 2.99. The van der Waals surface area contributed by atoms with Crippen LogP contribution in [-0.2, 0) is 26.2 Å². The van der Waals surface area contributed by atoms with Gasteiger partial charge in [0.2, 0.25) is 0 Å².